The van der Waals surface area contributed by atoms with Crippen molar-refractivity contribution in [1.29, 1.82) is 0 Å². The summed E-state index contributed by atoms with van der Waals surface area (Å²) in [4.78, 5) is 3.10. The van der Waals surface area contributed by atoms with Gasteiger partial charge in [-0.15, -0.1) is 11.8 Å². The van der Waals surface area contributed by atoms with Crippen molar-refractivity contribution in [3.63, 3.8) is 0 Å². The molecule has 1 aromatic rings. The minimum Gasteiger partial charge on any atom is -0.380 e. The molecule has 11 heteroatoms. The molecule has 0 aliphatic rings. The SMILES string of the molecule is NC(=Nc1cc(SCC(F)(F)F)c(Cl)cc1Br)C(F)(F)F. The molecule has 0 aliphatic heterocycles. The number of thioether (sulfide) groups is 1. The van der Waals surface area contributed by atoms with Gasteiger partial charge in [0.1, 0.15) is 0 Å². The van der Waals surface area contributed by atoms with Crippen molar-refractivity contribution in [1.82, 2.24) is 0 Å². The molecule has 1 aromatic carbocycles. The number of hydrogen-bond acceptors (Lipinski definition) is 2. The summed E-state index contributed by atoms with van der Waals surface area (Å²) in [5, 5.41) is -0.0411. The number of nitrogens with zero attached hydrogens (tertiary/aromatic N) is 1. The zero-order chi connectivity index (χ0) is 16.4. The van der Waals surface area contributed by atoms with Crippen molar-refractivity contribution in [3.05, 3.63) is 21.6 Å². The van der Waals surface area contributed by atoms with E-state index in [1.165, 1.54) is 0 Å². The quantitative estimate of drug-likeness (QED) is 0.315. The van der Waals surface area contributed by atoms with E-state index in [4.69, 9.17) is 17.3 Å². The Morgan fingerprint density at radius 3 is 2.29 bits per heavy atom. The van der Waals surface area contributed by atoms with E-state index in [0.717, 1.165) is 12.1 Å². The summed E-state index contributed by atoms with van der Waals surface area (Å²) in [5.74, 6) is -2.84. The predicted octanol–water partition coefficient (Wildman–Crippen LogP) is 5.31. The van der Waals surface area contributed by atoms with Crippen LogP contribution in [0.4, 0.5) is 32.0 Å². The summed E-state index contributed by atoms with van der Waals surface area (Å²) in [6, 6.07) is 2.16. The fraction of sp³-hybridized carbons (Fsp3) is 0.300. The molecule has 2 N–H and O–H groups in total. The number of hydrogen-bond donors (Lipinski definition) is 1. The Kier molecular flexibility index (Phi) is 5.84. The standard InChI is InChI=1S/C10H6BrClF6N2S/c11-4-1-5(12)7(21-3-9(13,14)15)2-6(4)20-8(19)10(16,17)18/h1-2H,3H2,(H2,19,20). The first-order valence-electron chi connectivity index (χ1n) is 5.00. The van der Waals surface area contributed by atoms with Gasteiger partial charge in [-0.25, -0.2) is 4.99 Å². The third-order valence-corrected chi connectivity index (χ3v) is 4.10. The van der Waals surface area contributed by atoms with Gasteiger partial charge < -0.3 is 5.73 Å². The molecule has 0 radical (unpaired) electrons. The van der Waals surface area contributed by atoms with E-state index in [-0.39, 0.29) is 20.1 Å². The van der Waals surface area contributed by atoms with Crippen LogP contribution in [0, 0.1) is 0 Å². The van der Waals surface area contributed by atoms with Gasteiger partial charge in [-0.3, -0.25) is 0 Å². The Bertz CT molecular complexity index is 558. The Hall–Kier alpha value is -0.610. The minimum absolute atomic E-state index is 0.0411. The second kappa shape index (κ2) is 6.66. The zero-order valence-corrected chi connectivity index (χ0v) is 13.0. The second-order valence-electron chi connectivity index (χ2n) is 3.63. The fourth-order valence-corrected chi connectivity index (χ4v) is 2.67. The number of alkyl halides is 6. The van der Waals surface area contributed by atoms with Crippen LogP contribution in [-0.4, -0.2) is 23.9 Å². The largest absolute Gasteiger partial charge is 0.448 e. The molecule has 0 atom stereocenters. The van der Waals surface area contributed by atoms with Crippen LogP contribution in [-0.2, 0) is 0 Å². The van der Waals surface area contributed by atoms with Crippen molar-refractivity contribution in [2.24, 2.45) is 10.7 Å². The topological polar surface area (TPSA) is 38.4 Å². The average molecular weight is 416 g/mol. The third kappa shape index (κ3) is 5.95. The van der Waals surface area contributed by atoms with Crippen LogP contribution in [0.2, 0.25) is 5.02 Å². The van der Waals surface area contributed by atoms with Crippen LogP contribution in [0.15, 0.2) is 26.5 Å². The molecule has 0 unspecified atom stereocenters. The molecule has 1 rings (SSSR count). The molecule has 0 amide bonds. The molecule has 0 aromatic heterocycles. The zero-order valence-electron chi connectivity index (χ0n) is 9.82. The fourth-order valence-electron chi connectivity index (χ4n) is 1.07. The lowest BCUT2D eigenvalue weighted by atomic mass is 10.3. The van der Waals surface area contributed by atoms with Gasteiger partial charge in [0.2, 0.25) is 5.84 Å². The first-order valence-corrected chi connectivity index (χ1v) is 7.16. The van der Waals surface area contributed by atoms with E-state index in [9.17, 15) is 26.3 Å². The summed E-state index contributed by atoms with van der Waals surface area (Å²) in [7, 11) is 0. The molecule has 0 aliphatic carbocycles. The highest BCUT2D eigenvalue weighted by atomic mass is 79.9. The maximum absolute atomic E-state index is 12.3. The highest BCUT2D eigenvalue weighted by Gasteiger charge is 2.34. The number of rotatable bonds is 3. The van der Waals surface area contributed by atoms with Crippen LogP contribution in [0.5, 0.6) is 0 Å². The molecule has 0 spiro atoms. The number of halogens is 8. The average Bonchev–Trinajstić information content (AvgIpc) is 2.28. The monoisotopic (exact) mass is 414 g/mol. The van der Waals surface area contributed by atoms with Crippen molar-refractivity contribution < 1.29 is 26.3 Å². The van der Waals surface area contributed by atoms with Gasteiger partial charge in [-0.1, -0.05) is 11.6 Å². The van der Waals surface area contributed by atoms with Crippen molar-refractivity contribution in [2.45, 2.75) is 17.2 Å². The van der Waals surface area contributed by atoms with Gasteiger partial charge in [0.15, 0.2) is 0 Å². The Morgan fingerprint density at radius 2 is 1.81 bits per heavy atom. The van der Waals surface area contributed by atoms with E-state index >= 15 is 0 Å². The lowest BCUT2D eigenvalue weighted by Crippen LogP contribution is -2.30. The van der Waals surface area contributed by atoms with E-state index in [1.807, 2.05) is 0 Å². The van der Waals surface area contributed by atoms with Crippen LogP contribution >= 0.6 is 39.3 Å². The van der Waals surface area contributed by atoms with Gasteiger partial charge in [0, 0.05) is 9.37 Å². The second-order valence-corrected chi connectivity index (χ2v) is 5.91. The Morgan fingerprint density at radius 1 is 1.24 bits per heavy atom. The van der Waals surface area contributed by atoms with E-state index in [2.05, 4.69) is 20.9 Å². The van der Waals surface area contributed by atoms with Gasteiger partial charge in [0.25, 0.3) is 0 Å². The summed E-state index contributed by atoms with van der Waals surface area (Å²) >= 11 is 9.00. The summed E-state index contributed by atoms with van der Waals surface area (Å²) in [5.41, 5.74) is 4.50. The number of nitrogens with two attached hydrogens (primary N) is 1. The van der Waals surface area contributed by atoms with Crippen LogP contribution < -0.4 is 5.73 Å². The van der Waals surface area contributed by atoms with E-state index < -0.39 is 23.9 Å². The minimum atomic E-state index is -4.83. The summed E-state index contributed by atoms with van der Waals surface area (Å²) in [6.07, 6.45) is -9.27. The molecular formula is C10H6BrClF6N2S. The number of aliphatic imine (C=N–C) groups is 1. The molecule has 0 heterocycles. The molecule has 2 nitrogen and oxygen atoms in total. The van der Waals surface area contributed by atoms with Gasteiger partial charge in [0.05, 0.1) is 16.5 Å². The molecule has 118 valence electrons. The maximum Gasteiger partial charge on any atom is 0.448 e. The van der Waals surface area contributed by atoms with Crippen LogP contribution in [0.25, 0.3) is 0 Å². The summed E-state index contributed by atoms with van der Waals surface area (Å²) in [6.45, 7) is 0. The normalized spacial score (nSPS) is 13.6. The van der Waals surface area contributed by atoms with Crippen LogP contribution in [0.3, 0.4) is 0 Å². The molecule has 0 saturated heterocycles. The van der Waals surface area contributed by atoms with Gasteiger partial charge in [-0.05, 0) is 28.1 Å². The predicted molar refractivity (Wildman–Crippen MR) is 73.3 cm³/mol. The Balaban J connectivity index is 3.12. The Labute approximate surface area is 132 Å². The highest BCUT2D eigenvalue weighted by Crippen LogP contribution is 2.39. The molecule has 0 fully saturated rings. The number of benzene rings is 1. The van der Waals surface area contributed by atoms with Crippen molar-refractivity contribution in [3.8, 4) is 0 Å². The van der Waals surface area contributed by atoms with Crippen LogP contribution in [0.1, 0.15) is 0 Å². The van der Waals surface area contributed by atoms with Crippen molar-refractivity contribution >= 4 is 50.8 Å². The first-order chi connectivity index (χ1) is 9.40. The van der Waals surface area contributed by atoms with E-state index in [0.29, 0.717) is 11.8 Å². The lowest BCUT2D eigenvalue weighted by Gasteiger charge is -2.10. The molecular weight excluding hydrogens is 410 g/mol. The smallest absolute Gasteiger partial charge is 0.380 e. The highest BCUT2D eigenvalue weighted by molar-refractivity contribution is 9.10. The van der Waals surface area contributed by atoms with Crippen molar-refractivity contribution in [2.75, 3.05) is 5.75 Å². The molecule has 0 saturated carbocycles. The number of amidine groups is 1. The lowest BCUT2D eigenvalue weighted by molar-refractivity contribution is -0.105. The van der Waals surface area contributed by atoms with Gasteiger partial charge >= 0.3 is 12.4 Å². The molecule has 21 heavy (non-hydrogen) atoms. The maximum atomic E-state index is 12.3. The first kappa shape index (κ1) is 18.4. The third-order valence-electron chi connectivity index (χ3n) is 1.92. The summed E-state index contributed by atoms with van der Waals surface area (Å²) < 4.78 is 73.4. The van der Waals surface area contributed by atoms with Gasteiger partial charge in [-0.2, -0.15) is 26.3 Å². The molecule has 0 bridgehead atoms. The van der Waals surface area contributed by atoms with E-state index in [1.54, 1.807) is 0 Å².